The average Bonchev–Trinajstić information content (AvgIpc) is 2.60. The van der Waals surface area contributed by atoms with Crippen LogP contribution in [-0.2, 0) is 4.74 Å². The van der Waals surface area contributed by atoms with Crippen LogP contribution in [0.25, 0.3) is 10.9 Å². The molecule has 0 radical (unpaired) electrons. The molecule has 0 aliphatic rings. The standard InChI is InChI=1S/C19H18ClN3O2/c1-12(2)11-25-18(24)13-7-9-14(10-8-13)21-17-15-5-3-4-6-16(15)22-19(20)23-17/h3-10,12H,11H2,1-2H3,(H,21,22,23). The molecule has 0 saturated heterocycles. The zero-order valence-electron chi connectivity index (χ0n) is 14.0. The number of nitrogens with zero attached hydrogens (tertiary/aromatic N) is 2. The fraction of sp³-hybridized carbons (Fsp3) is 0.211. The van der Waals surface area contributed by atoms with Crippen LogP contribution in [0.2, 0.25) is 5.28 Å². The van der Waals surface area contributed by atoms with Crippen LogP contribution in [0, 0.1) is 5.92 Å². The number of carbonyl (C=O) groups is 1. The lowest BCUT2D eigenvalue weighted by atomic mass is 10.2. The number of esters is 1. The molecule has 0 unspecified atom stereocenters. The van der Waals surface area contributed by atoms with Gasteiger partial charge in [-0.05, 0) is 53.9 Å². The molecule has 1 N–H and O–H groups in total. The molecule has 3 rings (SSSR count). The van der Waals surface area contributed by atoms with Crippen molar-refractivity contribution in [2.45, 2.75) is 13.8 Å². The predicted octanol–water partition coefficient (Wildman–Crippen LogP) is 4.84. The molecular weight excluding hydrogens is 338 g/mol. The Hall–Kier alpha value is -2.66. The van der Waals surface area contributed by atoms with Gasteiger partial charge in [-0.3, -0.25) is 0 Å². The minimum Gasteiger partial charge on any atom is -0.462 e. The van der Waals surface area contributed by atoms with E-state index in [4.69, 9.17) is 16.3 Å². The number of aromatic nitrogens is 2. The summed E-state index contributed by atoms with van der Waals surface area (Å²) in [5, 5.41) is 4.26. The zero-order chi connectivity index (χ0) is 17.8. The summed E-state index contributed by atoms with van der Waals surface area (Å²) >= 11 is 5.99. The van der Waals surface area contributed by atoms with Gasteiger partial charge in [-0.2, -0.15) is 4.98 Å². The first-order chi connectivity index (χ1) is 12.0. The number of nitrogens with one attached hydrogen (secondary N) is 1. The molecule has 3 aromatic rings. The molecule has 2 aromatic carbocycles. The van der Waals surface area contributed by atoms with E-state index in [1.807, 2.05) is 38.1 Å². The maximum Gasteiger partial charge on any atom is 0.338 e. The van der Waals surface area contributed by atoms with Gasteiger partial charge in [-0.25, -0.2) is 9.78 Å². The monoisotopic (exact) mass is 355 g/mol. The Labute approximate surface area is 151 Å². The van der Waals surface area contributed by atoms with E-state index in [1.54, 1.807) is 24.3 Å². The lowest BCUT2D eigenvalue weighted by Gasteiger charge is -2.10. The second-order valence-corrected chi connectivity index (χ2v) is 6.39. The summed E-state index contributed by atoms with van der Waals surface area (Å²) in [7, 11) is 0. The molecule has 6 heteroatoms. The molecule has 0 bridgehead atoms. The molecular formula is C19H18ClN3O2. The zero-order valence-corrected chi connectivity index (χ0v) is 14.7. The molecule has 0 saturated carbocycles. The van der Waals surface area contributed by atoms with Gasteiger partial charge >= 0.3 is 5.97 Å². The maximum atomic E-state index is 12.0. The summed E-state index contributed by atoms with van der Waals surface area (Å²) in [5.74, 6) is 0.599. The number of fused-ring (bicyclic) bond motifs is 1. The van der Waals surface area contributed by atoms with Crippen molar-refractivity contribution in [1.29, 1.82) is 0 Å². The van der Waals surface area contributed by atoms with Gasteiger partial charge in [0.25, 0.3) is 0 Å². The first-order valence-electron chi connectivity index (χ1n) is 7.99. The first kappa shape index (κ1) is 17.2. The van der Waals surface area contributed by atoms with Gasteiger partial charge in [0.1, 0.15) is 5.82 Å². The van der Waals surface area contributed by atoms with Crippen LogP contribution in [-0.4, -0.2) is 22.5 Å². The van der Waals surface area contributed by atoms with E-state index in [-0.39, 0.29) is 11.3 Å². The van der Waals surface area contributed by atoms with Crippen LogP contribution in [0.3, 0.4) is 0 Å². The lowest BCUT2D eigenvalue weighted by molar-refractivity contribution is 0.0459. The molecule has 0 aliphatic carbocycles. The molecule has 128 valence electrons. The van der Waals surface area contributed by atoms with Crippen LogP contribution >= 0.6 is 11.6 Å². The quantitative estimate of drug-likeness (QED) is 0.524. The van der Waals surface area contributed by atoms with Gasteiger partial charge in [-0.1, -0.05) is 26.0 Å². The van der Waals surface area contributed by atoms with Gasteiger partial charge < -0.3 is 10.1 Å². The Morgan fingerprint density at radius 3 is 2.56 bits per heavy atom. The summed E-state index contributed by atoms with van der Waals surface area (Å²) in [6, 6.07) is 14.7. The van der Waals surface area contributed by atoms with Crippen LogP contribution in [0.15, 0.2) is 48.5 Å². The fourth-order valence-electron chi connectivity index (χ4n) is 2.30. The summed E-state index contributed by atoms with van der Waals surface area (Å²) in [5.41, 5.74) is 2.07. The highest BCUT2D eigenvalue weighted by molar-refractivity contribution is 6.28. The number of hydrogen-bond acceptors (Lipinski definition) is 5. The van der Waals surface area contributed by atoms with Gasteiger partial charge in [0.05, 0.1) is 17.7 Å². The number of rotatable bonds is 5. The highest BCUT2D eigenvalue weighted by Crippen LogP contribution is 2.25. The van der Waals surface area contributed by atoms with Crippen LogP contribution in [0.1, 0.15) is 24.2 Å². The molecule has 0 amide bonds. The molecule has 5 nitrogen and oxygen atoms in total. The molecule has 0 spiro atoms. The number of hydrogen-bond donors (Lipinski definition) is 1. The van der Waals surface area contributed by atoms with Crippen molar-refractivity contribution < 1.29 is 9.53 Å². The number of ether oxygens (including phenoxy) is 1. The van der Waals surface area contributed by atoms with Crippen molar-refractivity contribution in [3.63, 3.8) is 0 Å². The summed E-state index contributed by atoms with van der Waals surface area (Å²) in [6.45, 7) is 4.40. The highest BCUT2D eigenvalue weighted by atomic mass is 35.5. The third-order valence-electron chi connectivity index (χ3n) is 3.51. The second-order valence-electron chi connectivity index (χ2n) is 6.05. The van der Waals surface area contributed by atoms with Crippen LogP contribution < -0.4 is 5.32 Å². The Balaban J connectivity index is 1.79. The van der Waals surface area contributed by atoms with E-state index in [1.165, 1.54) is 0 Å². The molecule has 0 atom stereocenters. The van der Waals surface area contributed by atoms with E-state index in [2.05, 4.69) is 15.3 Å². The third kappa shape index (κ3) is 4.25. The SMILES string of the molecule is CC(C)COC(=O)c1ccc(Nc2nc(Cl)nc3ccccc23)cc1. The van der Waals surface area contributed by atoms with E-state index in [0.29, 0.717) is 23.9 Å². The number of anilines is 2. The minimum atomic E-state index is -0.323. The van der Waals surface area contributed by atoms with Crippen molar-refractivity contribution >= 4 is 40.0 Å². The van der Waals surface area contributed by atoms with E-state index in [9.17, 15) is 4.79 Å². The summed E-state index contributed by atoms with van der Waals surface area (Å²) < 4.78 is 5.22. The summed E-state index contributed by atoms with van der Waals surface area (Å²) in [6.07, 6.45) is 0. The molecule has 25 heavy (non-hydrogen) atoms. The third-order valence-corrected chi connectivity index (χ3v) is 3.68. The summed E-state index contributed by atoms with van der Waals surface area (Å²) in [4.78, 5) is 20.4. The number of para-hydroxylation sites is 1. The van der Waals surface area contributed by atoms with E-state index in [0.717, 1.165) is 16.6 Å². The van der Waals surface area contributed by atoms with Crippen molar-refractivity contribution in [2.75, 3.05) is 11.9 Å². The number of benzene rings is 2. The van der Waals surface area contributed by atoms with Crippen molar-refractivity contribution in [1.82, 2.24) is 9.97 Å². The Kier molecular flexibility index (Phi) is 5.14. The van der Waals surface area contributed by atoms with Crippen LogP contribution in [0.4, 0.5) is 11.5 Å². The van der Waals surface area contributed by atoms with E-state index < -0.39 is 0 Å². The Bertz CT molecular complexity index is 895. The van der Waals surface area contributed by atoms with Crippen molar-refractivity contribution in [2.24, 2.45) is 5.92 Å². The van der Waals surface area contributed by atoms with Gasteiger partial charge in [0.2, 0.25) is 5.28 Å². The number of halogens is 1. The fourth-order valence-corrected chi connectivity index (χ4v) is 2.47. The smallest absolute Gasteiger partial charge is 0.338 e. The predicted molar refractivity (Wildman–Crippen MR) is 99.4 cm³/mol. The minimum absolute atomic E-state index is 0.176. The van der Waals surface area contributed by atoms with E-state index >= 15 is 0 Å². The second kappa shape index (κ2) is 7.49. The Morgan fingerprint density at radius 2 is 1.84 bits per heavy atom. The van der Waals surface area contributed by atoms with Gasteiger partial charge in [-0.15, -0.1) is 0 Å². The molecule has 0 fully saturated rings. The Morgan fingerprint density at radius 1 is 1.12 bits per heavy atom. The lowest BCUT2D eigenvalue weighted by Crippen LogP contribution is -2.10. The van der Waals surface area contributed by atoms with Crippen LogP contribution in [0.5, 0.6) is 0 Å². The normalized spacial score (nSPS) is 10.9. The first-order valence-corrected chi connectivity index (χ1v) is 8.37. The number of carbonyl (C=O) groups excluding carboxylic acids is 1. The highest BCUT2D eigenvalue weighted by Gasteiger charge is 2.10. The van der Waals surface area contributed by atoms with Gasteiger partial charge in [0.15, 0.2) is 0 Å². The molecule has 0 aliphatic heterocycles. The average molecular weight is 356 g/mol. The largest absolute Gasteiger partial charge is 0.462 e. The molecule has 1 heterocycles. The van der Waals surface area contributed by atoms with Crippen molar-refractivity contribution in [3.8, 4) is 0 Å². The topological polar surface area (TPSA) is 64.1 Å². The molecule has 1 aromatic heterocycles. The maximum absolute atomic E-state index is 12.0. The van der Waals surface area contributed by atoms with Crippen molar-refractivity contribution in [3.05, 3.63) is 59.4 Å². The van der Waals surface area contributed by atoms with Gasteiger partial charge in [0, 0.05) is 11.1 Å².